The number of nitrogens with one attached hydrogen (secondary N) is 2. The highest BCUT2D eigenvalue weighted by atomic mass is 32.2. The first-order valence-corrected chi connectivity index (χ1v) is 10.7. The Bertz CT molecular complexity index is 1040. The van der Waals surface area contributed by atoms with Crippen molar-refractivity contribution >= 4 is 27.6 Å². The summed E-state index contributed by atoms with van der Waals surface area (Å²) in [5, 5.41) is 2.87. The molecule has 0 aliphatic heterocycles. The number of rotatable bonds is 8. The zero-order valence-electron chi connectivity index (χ0n) is 15.9. The Morgan fingerprint density at radius 1 is 0.966 bits per heavy atom. The first kappa shape index (κ1) is 20.5. The summed E-state index contributed by atoms with van der Waals surface area (Å²) in [4.78, 5) is 20.5. The van der Waals surface area contributed by atoms with E-state index in [0.717, 1.165) is 18.4 Å². The summed E-state index contributed by atoms with van der Waals surface area (Å²) in [7, 11) is -3.81. The van der Waals surface area contributed by atoms with Crippen LogP contribution in [0.2, 0.25) is 0 Å². The molecular weight excluding hydrogens is 388 g/mol. The number of anilines is 2. The molecule has 1 aromatic heterocycles. The van der Waals surface area contributed by atoms with Crippen molar-refractivity contribution in [1.29, 1.82) is 0 Å². The van der Waals surface area contributed by atoms with Gasteiger partial charge in [-0.25, -0.2) is 23.1 Å². The quantitative estimate of drug-likeness (QED) is 0.588. The van der Waals surface area contributed by atoms with Crippen LogP contribution in [-0.2, 0) is 14.8 Å². The number of hydrogen-bond acceptors (Lipinski definition) is 5. The molecule has 7 nitrogen and oxygen atoms in total. The van der Waals surface area contributed by atoms with Gasteiger partial charge in [-0.3, -0.25) is 4.79 Å². The van der Waals surface area contributed by atoms with Gasteiger partial charge in [-0.1, -0.05) is 43.7 Å². The van der Waals surface area contributed by atoms with Gasteiger partial charge < -0.3 is 5.32 Å². The summed E-state index contributed by atoms with van der Waals surface area (Å²) >= 11 is 0. The van der Waals surface area contributed by atoms with Crippen molar-refractivity contribution in [2.45, 2.75) is 30.6 Å². The lowest BCUT2D eigenvalue weighted by molar-refractivity contribution is -0.117. The average molecular weight is 410 g/mol. The minimum absolute atomic E-state index is 0.00449. The highest BCUT2D eigenvalue weighted by Crippen LogP contribution is 2.24. The zero-order chi connectivity index (χ0) is 20.7. The van der Waals surface area contributed by atoms with E-state index in [-0.39, 0.29) is 22.7 Å². The standard InChI is InChI=1S/C21H22N4O3S/c1-2-7-19(16-8-4-3-5-9-16)20(26)24-17-10-12-18(13-11-17)29(27,28)25-21-22-14-6-15-23-21/h3-6,8-15,19H,2,7H2,1H3,(H,24,26)(H,22,23,25)/t19-/m0/s1. The lowest BCUT2D eigenvalue weighted by Gasteiger charge is -2.17. The van der Waals surface area contributed by atoms with Gasteiger partial charge in [-0.2, -0.15) is 0 Å². The van der Waals surface area contributed by atoms with Crippen LogP contribution in [-0.4, -0.2) is 24.3 Å². The van der Waals surface area contributed by atoms with E-state index in [9.17, 15) is 13.2 Å². The summed E-state index contributed by atoms with van der Waals surface area (Å²) in [6.07, 6.45) is 4.49. The molecule has 0 unspecified atom stereocenters. The molecule has 8 heteroatoms. The molecule has 0 aliphatic carbocycles. The smallest absolute Gasteiger partial charge is 0.264 e. The Hall–Kier alpha value is -3.26. The van der Waals surface area contributed by atoms with E-state index in [1.807, 2.05) is 37.3 Å². The number of carbonyl (C=O) groups is 1. The fraction of sp³-hybridized carbons (Fsp3) is 0.190. The SMILES string of the molecule is CCC[C@H](C(=O)Nc1ccc(S(=O)(=O)Nc2ncccn2)cc1)c1ccccc1. The Balaban J connectivity index is 1.72. The van der Waals surface area contributed by atoms with Crippen molar-refractivity contribution in [3.05, 3.63) is 78.6 Å². The van der Waals surface area contributed by atoms with E-state index < -0.39 is 10.0 Å². The molecule has 1 atom stereocenters. The van der Waals surface area contributed by atoms with Crippen LogP contribution < -0.4 is 10.0 Å². The summed E-state index contributed by atoms with van der Waals surface area (Å²) in [6.45, 7) is 2.03. The maximum Gasteiger partial charge on any atom is 0.264 e. The largest absolute Gasteiger partial charge is 0.326 e. The number of carbonyl (C=O) groups excluding carboxylic acids is 1. The maximum absolute atomic E-state index is 12.8. The highest BCUT2D eigenvalue weighted by molar-refractivity contribution is 7.92. The van der Waals surface area contributed by atoms with Crippen molar-refractivity contribution in [2.75, 3.05) is 10.0 Å². The predicted octanol–water partition coefficient (Wildman–Crippen LogP) is 3.80. The van der Waals surface area contributed by atoms with Gasteiger partial charge in [0.2, 0.25) is 11.9 Å². The van der Waals surface area contributed by atoms with Gasteiger partial charge in [-0.05, 0) is 42.3 Å². The van der Waals surface area contributed by atoms with Crippen molar-refractivity contribution in [3.8, 4) is 0 Å². The van der Waals surface area contributed by atoms with Crippen molar-refractivity contribution in [3.63, 3.8) is 0 Å². The van der Waals surface area contributed by atoms with E-state index in [0.29, 0.717) is 5.69 Å². The topological polar surface area (TPSA) is 101 Å². The summed E-state index contributed by atoms with van der Waals surface area (Å²) in [5.74, 6) is -0.388. The Labute approximate surface area is 170 Å². The molecule has 0 bridgehead atoms. The van der Waals surface area contributed by atoms with E-state index in [2.05, 4.69) is 20.0 Å². The van der Waals surface area contributed by atoms with Crippen molar-refractivity contribution < 1.29 is 13.2 Å². The molecule has 3 aromatic rings. The van der Waals surface area contributed by atoms with E-state index in [1.54, 1.807) is 18.2 Å². The van der Waals surface area contributed by atoms with Gasteiger partial charge in [0.25, 0.3) is 10.0 Å². The number of sulfonamides is 1. The number of benzene rings is 2. The van der Waals surface area contributed by atoms with Crippen molar-refractivity contribution in [1.82, 2.24) is 9.97 Å². The number of amides is 1. The van der Waals surface area contributed by atoms with Crippen LogP contribution in [0.25, 0.3) is 0 Å². The van der Waals surface area contributed by atoms with Gasteiger partial charge in [0.15, 0.2) is 0 Å². The molecule has 0 radical (unpaired) electrons. The third-order valence-corrected chi connectivity index (χ3v) is 5.66. The van der Waals surface area contributed by atoms with Crippen LogP contribution in [0, 0.1) is 0 Å². The summed E-state index contributed by atoms with van der Waals surface area (Å²) in [5.41, 5.74) is 1.49. The third-order valence-electron chi connectivity index (χ3n) is 4.32. The summed E-state index contributed by atoms with van der Waals surface area (Å²) < 4.78 is 27.2. The molecule has 2 N–H and O–H groups in total. The van der Waals surface area contributed by atoms with Gasteiger partial charge in [-0.15, -0.1) is 0 Å². The fourth-order valence-corrected chi connectivity index (χ4v) is 3.86. The van der Waals surface area contributed by atoms with Crippen LogP contribution in [0.15, 0.2) is 78.0 Å². The molecule has 0 saturated heterocycles. The number of aromatic nitrogens is 2. The highest BCUT2D eigenvalue weighted by Gasteiger charge is 2.20. The second-order valence-corrected chi connectivity index (χ2v) is 8.13. The van der Waals surface area contributed by atoms with E-state index in [4.69, 9.17) is 0 Å². The Morgan fingerprint density at radius 2 is 1.62 bits per heavy atom. The van der Waals surface area contributed by atoms with Gasteiger partial charge in [0.05, 0.1) is 10.8 Å². The Kier molecular flexibility index (Phi) is 6.56. The predicted molar refractivity (Wildman–Crippen MR) is 112 cm³/mol. The first-order valence-electron chi connectivity index (χ1n) is 9.25. The lowest BCUT2D eigenvalue weighted by atomic mass is 9.93. The van der Waals surface area contributed by atoms with Crippen molar-refractivity contribution in [2.24, 2.45) is 0 Å². The Morgan fingerprint density at radius 3 is 2.24 bits per heavy atom. The van der Waals surface area contributed by atoms with E-state index in [1.165, 1.54) is 24.5 Å². The lowest BCUT2D eigenvalue weighted by Crippen LogP contribution is -2.21. The van der Waals surface area contributed by atoms with Gasteiger partial charge in [0.1, 0.15) is 0 Å². The monoisotopic (exact) mass is 410 g/mol. The molecular formula is C21H22N4O3S. The van der Waals surface area contributed by atoms with Crippen LogP contribution in [0.1, 0.15) is 31.2 Å². The second kappa shape index (κ2) is 9.29. The van der Waals surface area contributed by atoms with Gasteiger partial charge in [0, 0.05) is 18.1 Å². The third kappa shape index (κ3) is 5.39. The average Bonchev–Trinajstić information content (AvgIpc) is 2.73. The molecule has 3 rings (SSSR count). The number of hydrogen-bond donors (Lipinski definition) is 2. The fourth-order valence-electron chi connectivity index (χ4n) is 2.90. The minimum Gasteiger partial charge on any atom is -0.326 e. The van der Waals surface area contributed by atoms with E-state index >= 15 is 0 Å². The zero-order valence-corrected chi connectivity index (χ0v) is 16.8. The normalized spacial score (nSPS) is 12.2. The van der Waals surface area contributed by atoms with Crippen LogP contribution >= 0.6 is 0 Å². The molecule has 0 saturated carbocycles. The number of nitrogens with zero attached hydrogens (tertiary/aromatic N) is 2. The van der Waals surface area contributed by atoms with Crippen LogP contribution in [0.4, 0.5) is 11.6 Å². The molecule has 0 aliphatic rings. The second-order valence-electron chi connectivity index (χ2n) is 6.44. The first-order chi connectivity index (χ1) is 14.0. The molecule has 1 heterocycles. The van der Waals surface area contributed by atoms with Crippen LogP contribution in [0.3, 0.4) is 0 Å². The van der Waals surface area contributed by atoms with Gasteiger partial charge >= 0.3 is 0 Å². The molecule has 150 valence electrons. The van der Waals surface area contributed by atoms with Crippen LogP contribution in [0.5, 0.6) is 0 Å². The summed E-state index contributed by atoms with van der Waals surface area (Å²) in [6, 6.07) is 17.2. The minimum atomic E-state index is -3.81. The maximum atomic E-state index is 12.8. The molecule has 2 aromatic carbocycles. The molecule has 0 fully saturated rings. The molecule has 0 spiro atoms. The molecule has 29 heavy (non-hydrogen) atoms. The molecule has 1 amide bonds.